The van der Waals surface area contributed by atoms with Crippen molar-refractivity contribution in [2.24, 2.45) is 0 Å². The summed E-state index contributed by atoms with van der Waals surface area (Å²) in [5.41, 5.74) is 3.00. The van der Waals surface area contributed by atoms with Gasteiger partial charge in [-0.3, -0.25) is 9.59 Å². The molecule has 0 aliphatic carbocycles. The molecule has 2 amide bonds. The molecule has 0 saturated heterocycles. The molecule has 0 fully saturated rings. The molecule has 3 aromatic carbocycles. The first kappa shape index (κ1) is 24.8. The molecule has 0 saturated carbocycles. The largest absolute Gasteiger partial charge is 0.513 e. The summed E-state index contributed by atoms with van der Waals surface area (Å²) in [6.07, 6.45) is 0.237. The highest BCUT2D eigenvalue weighted by atomic mass is 35.5. The Morgan fingerprint density at radius 1 is 0.853 bits per heavy atom. The van der Waals surface area contributed by atoms with Crippen molar-refractivity contribution in [1.29, 1.82) is 0 Å². The molecule has 0 atom stereocenters. The molecule has 7 nitrogen and oxygen atoms in total. The van der Waals surface area contributed by atoms with E-state index in [0.717, 1.165) is 11.1 Å². The summed E-state index contributed by atoms with van der Waals surface area (Å²) in [6, 6.07) is 20.8. The third-order valence-corrected chi connectivity index (χ3v) is 5.09. The molecule has 2 N–H and O–H groups in total. The van der Waals surface area contributed by atoms with Crippen LogP contribution in [0.1, 0.15) is 34.8 Å². The number of aryl methyl sites for hydroxylation is 1. The Morgan fingerprint density at radius 2 is 1.50 bits per heavy atom. The van der Waals surface area contributed by atoms with Gasteiger partial charge in [0.2, 0.25) is 5.91 Å². The number of benzene rings is 3. The number of carbonyl (C=O) groups is 3. The van der Waals surface area contributed by atoms with E-state index in [1.165, 1.54) is 12.1 Å². The number of anilines is 1. The maximum absolute atomic E-state index is 12.4. The fourth-order valence-corrected chi connectivity index (χ4v) is 3.15. The minimum atomic E-state index is -0.794. The normalized spacial score (nSPS) is 10.3. The van der Waals surface area contributed by atoms with Crippen LogP contribution in [-0.2, 0) is 22.5 Å². The molecule has 176 valence electrons. The van der Waals surface area contributed by atoms with Crippen molar-refractivity contribution < 1.29 is 23.9 Å². The maximum atomic E-state index is 12.4. The van der Waals surface area contributed by atoms with Gasteiger partial charge in [-0.15, -0.1) is 0 Å². The number of nitrogens with one attached hydrogen (secondary N) is 2. The Kier molecular flexibility index (Phi) is 9.05. The van der Waals surface area contributed by atoms with E-state index in [0.29, 0.717) is 35.7 Å². The van der Waals surface area contributed by atoms with Gasteiger partial charge < -0.3 is 20.1 Å². The van der Waals surface area contributed by atoms with Crippen LogP contribution in [0.5, 0.6) is 5.75 Å². The summed E-state index contributed by atoms with van der Waals surface area (Å²) in [5.74, 6) is -0.0526. The molecule has 0 aromatic heterocycles. The predicted molar refractivity (Wildman–Crippen MR) is 130 cm³/mol. The van der Waals surface area contributed by atoms with E-state index in [1.807, 2.05) is 36.4 Å². The average Bonchev–Trinajstić information content (AvgIpc) is 2.84. The molecule has 8 heteroatoms. The van der Waals surface area contributed by atoms with Gasteiger partial charge in [-0.05, 0) is 73.0 Å². The van der Waals surface area contributed by atoms with Crippen LogP contribution in [0.15, 0.2) is 72.8 Å². The monoisotopic (exact) mass is 480 g/mol. The first-order chi connectivity index (χ1) is 16.4. The van der Waals surface area contributed by atoms with Gasteiger partial charge in [0.1, 0.15) is 5.75 Å². The van der Waals surface area contributed by atoms with E-state index in [9.17, 15) is 14.4 Å². The molecule has 0 spiro atoms. The quantitative estimate of drug-likeness (QED) is 0.317. The first-order valence-corrected chi connectivity index (χ1v) is 11.2. The number of halogens is 1. The van der Waals surface area contributed by atoms with E-state index in [4.69, 9.17) is 21.1 Å². The van der Waals surface area contributed by atoms with E-state index in [1.54, 1.807) is 31.2 Å². The molecule has 0 aliphatic rings. The maximum Gasteiger partial charge on any atom is 0.513 e. The molecular weight excluding hydrogens is 456 g/mol. The summed E-state index contributed by atoms with van der Waals surface area (Å²) in [4.78, 5) is 35.9. The van der Waals surface area contributed by atoms with Crippen LogP contribution in [0.2, 0.25) is 5.02 Å². The summed E-state index contributed by atoms with van der Waals surface area (Å²) in [6.45, 7) is 2.30. The second kappa shape index (κ2) is 12.4. The Hall–Kier alpha value is -3.84. The highest BCUT2D eigenvalue weighted by Crippen LogP contribution is 2.16. The third-order valence-electron chi connectivity index (χ3n) is 4.84. The van der Waals surface area contributed by atoms with E-state index < -0.39 is 6.16 Å². The number of rotatable bonds is 9. The smallest absolute Gasteiger partial charge is 0.434 e. The number of hydrogen-bond acceptors (Lipinski definition) is 5. The summed E-state index contributed by atoms with van der Waals surface area (Å²) >= 11 is 5.87. The zero-order valence-electron chi connectivity index (χ0n) is 18.7. The Balaban J connectivity index is 1.43. The molecule has 3 aromatic rings. The van der Waals surface area contributed by atoms with Crippen molar-refractivity contribution in [2.45, 2.75) is 26.3 Å². The fourth-order valence-electron chi connectivity index (χ4n) is 3.03. The molecular formula is C26H25ClN2O5. The van der Waals surface area contributed by atoms with Gasteiger partial charge >= 0.3 is 6.16 Å². The van der Waals surface area contributed by atoms with Gasteiger partial charge in [0.25, 0.3) is 5.91 Å². The molecule has 0 bridgehead atoms. The van der Waals surface area contributed by atoms with Crippen LogP contribution >= 0.6 is 11.6 Å². The lowest BCUT2D eigenvalue weighted by molar-refractivity contribution is -0.121. The van der Waals surface area contributed by atoms with Crippen LogP contribution in [0.3, 0.4) is 0 Å². The first-order valence-electron chi connectivity index (χ1n) is 10.8. The van der Waals surface area contributed by atoms with Crippen LogP contribution < -0.4 is 15.4 Å². The standard InChI is InChI=1S/C26H25ClN2O5/c1-2-33-26(32)34-23-14-8-20(9-15-23)25(31)29-22-12-5-19(6-13-22)17-28-24(30)16-7-18-3-10-21(27)11-4-18/h3-6,8-15H,2,7,16-17H2,1H3,(H,28,30)(H,29,31). The number of ether oxygens (including phenoxy) is 2. The topological polar surface area (TPSA) is 93.7 Å². The van der Waals surface area contributed by atoms with E-state index >= 15 is 0 Å². The van der Waals surface area contributed by atoms with Gasteiger partial charge in [-0.1, -0.05) is 35.9 Å². The fraction of sp³-hybridized carbons (Fsp3) is 0.192. The van der Waals surface area contributed by atoms with Crippen molar-refractivity contribution in [3.05, 3.63) is 94.5 Å². The number of carbonyl (C=O) groups excluding carboxylic acids is 3. The van der Waals surface area contributed by atoms with Crippen molar-refractivity contribution in [3.8, 4) is 5.75 Å². The van der Waals surface area contributed by atoms with E-state index in [-0.39, 0.29) is 24.2 Å². The van der Waals surface area contributed by atoms with Crippen molar-refractivity contribution in [3.63, 3.8) is 0 Å². The highest BCUT2D eigenvalue weighted by Gasteiger charge is 2.09. The molecule has 34 heavy (non-hydrogen) atoms. The lowest BCUT2D eigenvalue weighted by Gasteiger charge is -2.09. The number of hydrogen-bond donors (Lipinski definition) is 2. The van der Waals surface area contributed by atoms with Gasteiger partial charge in [0.15, 0.2) is 0 Å². The Labute approximate surface area is 203 Å². The number of amides is 2. The Bertz CT molecular complexity index is 1110. The lowest BCUT2D eigenvalue weighted by atomic mass is 10.1. The Morgan fingerprint density at radius 3 is 2.15 bits per heavy atom. The summed E-state index contributed by atoms with van der Waals surface area (Å²) < 4.78 is 9.68. The minimum Gasteiger partial charge on any atom is -0.434 e. The van der Waals surface area contributed by atoms with Crippen molar-refractivity contribution >= 4 is 35.3 Å². The predicted octanol–water partition coefficient (Wildman–Crippen LogP) is 5.38. The summed E-state index contributed by atoms with van der Waals surface area (Å²) in [5, 5.41) is 6.37. The second-order valence-corrected chi connectivity index (χ2v) is 7.80. The average molecular weight is 481 g/mol. The van der Waals surface area contributed by atoms with Gasteiger partial charge in [-0.25, -0.2) is 4.79 Å². The van der Waals surface area contributed by atoms with Gasteiger partial charge in [0.05, 0.1) is 6.61 Å². The van der Waals surface area contributed by atoms with Crippen molar-refractivity contribution in [1.82, 2.24) is 5.32 Å². The van der Waals surface area contributed by atoms with Gasteiger partial charge in [-0.2, -0.15) is 0 Å². The molecule has 0 unspecified atom stereocenters. The van der Waals surface area contributed by atoms with Crippen LogP contribution in [0.25, 0.3) is 0 Å². The molecule has 0 radical (unpaired) electrons. The van der Waals surface area contributed by atoms with Crippen LogP contribution in [0, 0.1) is 0 Å². The summed E-state index contributed by atoms with van der Waals surface area (Å²) in [7, 11) is 0. The van der Waals surface area contributed by atoms with Crippen LogP contribution in [0.4, 0.5) is 10.5 Å². The van der Waals surface area contributed by atoms with Gasteiger partial charge in [0, 0.05) is 29.2 Å². The zero-order chi connectivity index (χ0) is 24.3. The second-order valence-electron chi connectivity index (χ2n) is 7.36. The SMILES string of the molecule is CCOC(=O)Oc1ccc(C(=O)Nc2ccc(CNC(=O)CCc3ccc(Cl)cc3)cc2)cc1. The van der Waals surface area contributed by atoms with Crippen molar-refractivity contribution in [2.75, 3.05) is 11.9 Å². The molecule has 0 aliphatic heterocycles. The highest BCUT2D eigenvalue weighted by molar-refractivity contribution is 6.30. The molecule has 0 heterocycles. The molecule has 3 rings (SSSR count). The zero-order valence-corrected chi connectivity index (χ0v) is 19.4. The van der Waals surface area contributed by atoms with Crippen LogP contribution in [-0.4, -0.2) is 24.6 Å². The minimum absolute atomic E-state index is 0.0392. The lowest BCUT2D eigenvalue weighted by Crippen LogP contribution is -2.23. The van der Waals surface area contributed by atoms with E-state index in [2.05, 4.69) is 10.6 Å². The third kappa shape index (κ3) is 7.94.